The van der Waals surface area contributed by atoms with E-state index in [1.54, 1.807) is 6.20 Å². The number of aromatic nitrogens is 1. The molecule has 6 heteroatoms. The predicted octanol–water partition coefficient (Wildman–Crippen LogP) is 0.790. The van der Waals surface area contributed by atoms with Gasteiger partial charge in [0.15, 0.2) is 5.84 Å². The highest BCUT2D eigenvalue weighted by Crippen LogP contribution is 2.22. The van der Waals surface area contributed by atoms with Crippen molar-refractivity contribution in [3.63, 3.8) is 0 Å². The lowest BCUT2D eigenvalue weighted by Gasteiger charge is -2.37. The first-order chi connectivity index (χ1) is 8.61. The molecule has 1 fully saturated rings. The summed E-state index contributed by atoms with van der Waals surface area (Å²) in [5, 5.41) is 11.8. The maximum atomic E-state index is 8.79. The Morgan fingerprint density at radius 3 is 2.78 bits per heavy atom. The molecule has 1 aromatic rings. The highest BCUT2D eigenvalue weighted by molar-refractivity contribution is 6.00. The molecule has 0 radical (unpaired) electrons. The Balaban J connectivity index is 2.32. The lowest BCUT2D eigenvalue weighted by molar-refractivity contribution is -0.00524. The molecule has 2 unspecified atom stereocenters. The molecule has 0 saturated carbocycles. The van der Waals surface area contributed by atoms with Crippen LogP contribution in [-0.4, -0.2) is 41.3 Å². The van der Waals surface area contributed by atoms with Gasteiger partial charge in [-0.05, 0) is 26.0 Å². The maximum absolute atomic E-state index is 8.79. The van der Waals surface area contributed by atoms with Crippen molar-refractivity contribution < 1.29 is 9.94 Å². The van der Waals surface area contributed by atoms with Crippen molar-refractivity contribution in [1.29, 1.82) is 0 Å². The van der Waals surface area contributed by atoms with Crippen molar-refractivity contribution in [2.75, 3.05) is 18.0 Å². The van der Waals surface area contributed by atoms with Gasteiger partial charge in [-0.15, -0.1) is 0 Å². The largest absolute Gasteiger partial charge is 0.409 e. The van der Waals surface area contributed by atoms with E-state index in [0.29, 0.717) is 5.69 Å². The highest BCUT2D eigenvalue weighted by atomic mass is 16.5. The van der Waals surface area contributed by atoms with Crippen LogP contribution in [-0.2, 0) is 4.74 Å². The molecule has 1 aromatic heterocycles. The lowest BCUT2D eigenvalue weighted by Crippen LogP contribution is -2.46. The molecule has 0 spiro atoms. The molecule has 1 aliphatic rings. The van der Waals surface area contributed by atoms with Gasteiger partial charge in [-0.25, -0.2) is 0 Å². The first kappa shape index (κ1) is 12.6. The van der Waals surface area contributed by atoms with Gasteiger partial charge in [-0.2, -0.15) is 0 Å². The van der Waals surface area contributed by atoms with Crippen LogP contribution in [0.3, 0.4) is 0 Å². The van der Waals surface area contributed by atoms with Gasteiger partial charge >= 0.3 is 0 Å². The standard InChI is InChI=1S/C12H18N4O2/c1-8-6-16(7-9(2)18-8)10-4-3-5-14-11(10)12(13)15-17/h3-5,8-9,17H,6-7H2,1-2H3,(H2,13,15). The van der Waals surface area contributed by atoms with Crippen LogP contribution < -0.4 is 10.6 Å². The molecule has 2 heterocycles. The minimum absolute atomic E-state index is 0.0254. The van der Waals surface area contributed by atoms with Crippen molar-refractivity contribution in [2.45, 2.75) is 26.1 Å². The van der Waals surface area contributed by atoms with E-state index in [2.05, 4.69) is 15.0 Å². The lowest BCUT2D eigenvalue weighted by atomic mass is 10.1. The Morgan fingerprint density at radius 2 is 2.17 bits per heavy atom. The summed E-state index contributed by atoms with van der Waals surface area (Å²) in [6.45, 7) is 5.59. The molecular weight excluding hydrogens is 232 g/mol. The van der Waals surface area contributed by atoms with E-state index >= 15 is 0 Å². The van der Waals surface area contributed by atoms with E-state index in [0.717, 1.165) is 18.8 Å². The van der Waals surface area contributed by atoms with E-state index in [1.807, 2.05) is 26.0 Å². The van der Waals surface area contributed by atoms with Crippen LogP contribution >= 0.6 is 0 Å². The molecule has 0 amide bonds. The molecule has 0 aromatic carbocycles. The summed E-state index contributed by atoms with van der Waals surface area (Å²) in [5.41, 5.74) is 7.02. The average molecular weight is 250 g/mol. The van der Waals surface area contributed by atoms with Gasteiger partial charge in [-0.3, -0.25) is 4.98 Å². The molecule has 2 rings (SSSR count). The molecule has 98 valence electrons. The van der Waals surface area contributed by atoms with Gasteiger partial charge in [0.25, 0.3) is 0 Å². The zero-order chi connectivity index (χ0) is 13.1. The van der Waals surface area contributed by atoms with Crippen molar-refractivity contribution in [3.05, 3.63) is 24.0 Å². The monoisotopic (exact) mass is 250 g/mol. The third kappa shape index (κ3) is 2.53. The summed E-state index contributed by atoms with van der Waals surface area (Å²) in [6, 6.07) is 3.76. The summed E-state index contributed by atoms with van der Waals surface area (Å²) in [6.07, 6.45) is 1.92. The smallest absolute Gasteiger partial charge is 0.190 e. The summed E-state index contributed by atoms with van der Waals surface area (Å²) in [4.78, 5) is 6.33. The van der Waals surface area contributed by atoms with E-state index in [9.17, 15) is 0 Å². The summed E-state index contributed by atoms with van der Waals surface area (Å²) < 4.78 is 5.69. The topological polar surface area (TPSA) is 84.0 Å². The van der Waals surface area contributed by atoms with E-state index in [1.165, 1.54) is 0 Å². The normalized spacial score (nSPS) is 25.2. The second kappa shape index (κ2) is 5.22. The summed E-state index contributed by atoms with van der Waals surface area (Å²) >= 11 is 0. The van der Waals surface area contributed by atoms with Crippen molar-refractivity contribution >= 4 is 11.5 Å². The summed E-state index contributed by atoms with van der Waals surface area (Å²) in [5.74, 6) is 0.0254. The third-order valence-electron chi connectivity index (χ3n) is 2.90. The van der Waals surface area contributed by atoms with Gasteiger partial charge < -0.3 is 20.6 Å². The van der Waals surface area contributed by atoms with E-state index in [-0.39, 0.29) is 18.0 Å². The highest BCUT2D eigenvalue weighted by Gasteiger charge is 2.25. The maximum Gasteiger partial charge on any atom is 0.190 e. The molecule has 0 aliphatic carbocycles. The van der Waals surface area contributed by atoms with Gasteiger partial charge in [-0.1, -0.05) is 5.16 Å². The van der Waals surface area contributed by atoms with Crippen LogP contribution in [0.4, 0.5) is 5.69 Å². The average Bonchev–Trinajstić information content (AvgIpc) is 2.36. The van der Waals surface area contributed by atoms with Crippen LogP contribution in [0.15, 0.2) is 23.5 Å². The van der Waals surface area contributed by atoms with Gasteiger partial charge in [0.2, 0.25) is 0 Å². The molecule has 3 N–H and O–H groups in total. The number of rotatable bonds is 2. The van der Waals surface area contributed by atoms with Crippen molar-refractivity contribution in [1.82, 2.24) is 4.98 Å². The van der Waals surface area contributed by atoms with E-state index in [4.69, 9.17) is 15.7 Å². The Kier molecular flexibility index (Phi) is 3.66. The molecule has 18 heavy (non-hydrogen) atoms. The number of morpholine rings is 1. The van der Waals surface area contributed by atoms with Crippen LogP contribution in [0, 0.1) is 0 Å². The fourth-order valence-corrected chi connectivity index (χ4v) is 2.27. The summed E-state index contributed by atoms with van der Waals surface area (Å²) in [7, 11) is 0. The predicted molar refractivity (Wildman–Crippen MR) is 69.0 cm³/mol. The SMILES string of the molecule is CC1CN(c2cccnc2/C(N)=N/O)CC(C)O1. The van der Waals surface area contributed by atoms with Crippen LogP contribution in [0.25, 0.3) is 0 Å². The number of nitrogens with zero attached hydrogens (tertiary/aromatic N) is 3. The quantitative estimate of drug-likeness (QED) is 0.351. The van der Waals surface area contributed by atoms with Crippen molar-refractivity contribution in [2.24, 2.45) is 10.9 Å². The Bertz CT molecular complexity index is 439. The zero-order valence-electron chi connectivity index (χ0n) is 10.6. The fraction of sp³-hybridized carbons (Fsp3) is 0.500. The number of ether oxygens (including phenoxy) is 1. The number of hydrogen-bond donors (Lipinski definition) is 2. The number of hydrogen-bond acceptors (Lipinski definition) is 5. The van der Waals surface area contributed by atoms with Crippen LogP contribution in [0.1, 0.15) is 19.5 Å². The van der Waals surface area contributed by atoms with Crippen molar-refractivity contribution in [3.8, 4) is 0 Å². The fourth-order valence-electron chi connectivity index (χ4n) is 2.27. The van der Waals surface area contributed by atoms with Crippen LogP contribution in [0.5, 0.6) is 0 Å². The molecule has 0 bridgehead atoms. The number of nitrogens with two attached hydrogens (primary N) is 1. The van der Waals surface area contributed by atoms with Gasteiger partial charge in [0, 0.05) is 19.3 Å². The zero-order valence-corrected chi connectivity index (χ0v) is 10.6. The Morgan fingerprint density at radius 1 is 1.50 bits per heavy atom. The minimum atomic E-state index is 0.0254. The second-order valence-electron chi connectivity index (χ2n) is 4.52. The first-order valence-corrected chi connectivity index (χ1v) is 5.95. The number of pyridine rings is 1. The molecule has 1 saturated heterocycles. The molecular formula is C12H18N4O2. The van der Waals surface area contributed by atoms with Gasteiger partial charge in [0.1, 0.15) is 5.69 Å². The number of anilines is 1. The molecule has 2 atom stereocenters. The first-order valence-electron chi connectivity index (χ1n) is 5.95. The van der Waals surface area contributed by atoms with Crippen LogP contribution in [0.2, 0.25) is 0 Å². The molecule has 1 aliphatic heterocycles. The number of amidine groups is 1. The third-order valence-corrected chi connectivity index (χ3v) is 2.90. The second-order valence-corrected chi connectivity index (χ2v) is 4.52. The minimum Gasteiger partial charge on any atom is -0.409 e. The van der Waals surface area contributed by atoms with E-state index < -0.39 is 0 Å². The molecule has 6 nitrogen and oxygen atoms in total. The number of oxime groups is 1. The van der Waals surface area contributed by atoms with Gasteiger partial charge in [0.05, 0.1) is 17.9 Å². The Labute approximate surface area is 106 Å². The Hall–Kier alpha value is -1.82.